The van der Waals surface area contributed by atoms with Gasteiger partial charge in [-0.25, -0.2) is 0 Å². The molecule has 12 aromatic rings. The van der Waals surface area contributed by atoms with Crippen LogP contribution < -0.4 is 4.90 Å². The van der Waals surface area contributed by atoms with Crippen molar-refractivity contribution in [2.45, 2.75) is 5.41 Å². The minimum atomic E-state index is -0.842. The summed E-state index contributed by atoms with van der Waals surface area (Å²) in [7, 11) is 0. The molecule has 2 heterocycles. The van der Waals surface area contributed by atoms with Crippen LogP contribution in [0.5, 0.6) is 0 Å². The third-order valence-electron chi connectivity index (χ3n) is 15.2. The molecule has 1 aliphatic heterocycles. The minimum absolute atomic E-state index is 0.595. The molecule has 0 N–H and O–H groups in total. The molecular formula is C69H42N4. The summed E-state index contributed by atoms with van der Waals surface area (Å²) < 4.78 is 2.40. The summed E-state index contributed by atoms with van der Waals surface area (Å²) in [6.45, 7) is 0. The average Bonchev–Trinajstić information content (AvgIpc) is 3.96. The van der Waals surface area contributed by atoms with Crippen LogP contribution in [0, 0.1) is 22.7 Å². The van der Waals surface area contributed by atoms with Gasteiger partial charge >= 0.3 is 0 Å². The lowest BCUT2D eigenvalue weighted by Crippen LogP contribution is -2.36. The van der Waals surface area contributed by atoms with Crippen molar-refractivity contribution >= 4 is 38.9 Å². The summed E-state index contributed by atoms with van der Waals surface area (Å²) in [6, 6.07) is 95.9. The molecule has 1 spiro atoms. The zero-order chi connectivity index (χ0) is 48.6. The van der Waals surface area contributed by atoms with Crippen molar-refractivity contribution in [2.75, 3.05) is 4.90 Å². The number of aromatic nitrogens is 1. The van der Waals surface area contributed by atoms with Gasteiger partial charge in [0.05, 0.1) is 51.1 Å². The predicted molar refractivity (Wildman–Crippen MR) is 298 cm³/mol. The monoisotopic (exact) mass is 926 g/mol. The Morgan fingerprint density at radius 2 is 0.808 bits per heavy atom. The number of nitrogens with zero attached hydrogens (tertiary/aromatic N) is 4. The molecule has 1 aromatic heterocycles. The van der Waals surface area contributed by atoms with E-state index < -0.39 is 5.41 Å². The third-order valence-corrected chi connectivity index (χ3v) is 15.2. The maximum atomic E-state index is 10.4. The number of nitriles is 2. The van der Waals surface area contributed by atoms with E-state index in [0.717, 1.165) is 94.8 Å². The molecule has 4 heteroatoms. The van der Waals surface area contributed by atoms with Gasteiger partial charge in [0.15, 0.2) is 0 Å². The lowest BCUT2D eigenvalue weighted by atomic mass is 9.64. The van der Waals surface area contributed by atoms with Crippen molar-refractivity contribution in [1.29, 1.82) is 10.5 Å². The van der Waals surface area contributed by atoms with Gasteiger partial charge in [0, 0.05) is 22.1 Å². The fourth-order valence-corrected chi connectivity index (χ4v) is 12.0. The Labute approximate surface area is 423 Å². The SMILES string of the molecule is N#Cc1ccc2c(c1)C1(c3cc(C#N)ccc3-2)c2ccccc2N(c2ccccc2)c2ccc(-c3ccc4c(c3)c3ccccc3n4-c3cccc(-c4cc(-c5ccccc5)cc(-c5ccccc5)c4)c3)cc21. The molecule has 338 valence electrons. The van der Waals surface area contributed by atoms with Crippen LogP contribution in [0.4, 0.5) is 17.1 Å². The van der Waals surface area contributed by atoms with Gasteiger partial charge in [-0.3, -0.25) is 0 Å². The van der Waals surface area contributed by atoms with E-state index in [1.165, 1.54) is 27.6 Å². The van der Waals surface area contributed by atoms with Gasteiger partial charge in [-0.2, -0.15) is 10.5 Å². The zero-order valence-electron chi connectivity index (χ0n) is 39.5. The molecule has 0 saturated heterocycles. The second-order valence-electron chi connectivity index (χ2n) is 19.1. The molecule has 11 aromatic carbocycles. The van der Waals surface area contributed by atoms with Crippen LogP contribution in [-0.4, -0.2) is 4.57 Å². The Morgan fingerprint density at radius 3 is 1.48 bits per heavy atom. The first-order chi connectivity index (χ1) is 36.1. The molecule has 0 atom stereocenters. The highest BCUT2D eigenvalue weighted by molar-refractivity contribution is 6.11. The number of benzene rings is 11. The number of anilines is 3. The van der Waals surface area contributed by atoms with Gasteiger partial charge in [0.2, 0.25) is 0 Å². The maximum absolute atomic E-state index is 10.4. The van der Waals surface area contributed by atoms with E-state index in [-0.39, 0.29) is 0 Å². The summed E-state index contributed by atoms with van der Waals surface area (Å²) in [5, 5.41) is 23.2. The first-order valence-electron chi connectivity index (χ1n) is 24.7. The molecule has 0 unspecified atom stereocenters. The predicted octanol–water partition coefficient (Wildman–Crippen LogP) is 17.3. The maximum Gasteiger partial charge on any atom is 0.0991 e. The van der Waals surface area contributed by atoms with Crippen LogP contribution in [0.15, 0.2) is 255 Å². The highest BCUT2D eigenvalue weighted by atomic mass is 15.2. The topological polar surface area (TPSA) is 55.8 Å². The first-order valence-corrected chi connectivity index (χ1v) is 24.7. The smallest absolute Gasteiger partial charge is 0.0991 e. The van der Waals surface area contributed by atoms with E-state index in [9.17, 15) is 10.5 Å². The van der Waals surface area contributed by atoms with Gasteiger partial charge in [-0.05, 0) is 181 Å². The minimum Gasteiger partial charge on any atom is -0.310 e. The van der Waals surface area contributed by atoms with Gasteiger partial charge in [-0.15, -0.1) is 0 Å². The number of fused-ring (bicyclic) bond motifs is 12. The number of hydrogen-bond acceptors (Lipinski definition) is 3. The molecule has 0 bridgehead atoms. The van der Waals surface area contributed by atoms with E-state index in [2.05, 4.69) is 264 Å². The summed E-state index contributed by atoms with van der Waals surface area (Å²) in [5.41, 5.74) is 22.4. The number of para-hydroxylation sites is 3. The van der Waals surface area contributed by atoms with Gasteiger partial charge in [0.1, 0.15) is 0 Å². The second kappa shape index (κ2) is 16.6. The van der Waals surface area contributed by atoms with Crippen LogP contribution >= 0.6 is 0 Å². The zero-order valence-corrected chi connectivity index (χ0v) is 39.5. The van der Waals surface area contributed by atoms with Gasteiger partial charge in [-0.1, -0.05) is 152 Å². The summed E-state index contributed by atoms with van der Waals surface area (Å²) in [6.07, 6.45) is 0. The largest absolute Gasteiger partial charge is 0.310 e. The van der Waals surface area contributed by atoms with Crippen molar-refractivity contribution < 1.29 is 0 Å². The van der Waals surface area contributed by atoms with Crippen molar-refractivity contribution in [2.24, 2.45) is 0 Å². The Bertz CT molecular complexity index is 4170. The van der Waals surface area contributed by atoms with Crippen LogP contribution in [-0.2, 0) is 5.41 Å². The van der Waals surface area contributed by atoms with Crippen molar-refractivity contribution in [3.05, 3.63) is 288 Å². The Balaban J connectivity index is 0.962. The van der Waals surface area contributed by atoms with Gasteiger partial charge < -0.3 is 9.47 Å². The Kier molecular flexibility index (Phi) is 9.52. The van der Waals surface area contributed by atoms with E-state index in [0.29, 0.717) is 11.1 Å². The van der Waals surface area contributed by atoms with Crippen molar-refractivity contribution in [3.8, 4) is 73.5 Å². The molecule has 1 aliphatic carbocycles. The Morgan fingerprint density at radius 1 is 0.301 bits per heavy atom. The van der Waals surface area contributed by atoms with Crippen LogP contribution in [0.1, 0.15) is 33.4 Å². The molecule has 0 fully saturated rings. The summed E-state index contributed by atoms with van der Waals surface area (Å²) in [4.78, 5) is 2.37. The fraction of sp³-hybridized carbons (Fsp3) is 0.0145. The highest BCUT2D eigenvalue weighted by Gasteiger charge is 2.52. The van der Waals surface area contributed by atoms with E-state index in [1.807, 2.05) is 12.1 Å². The van der Waals surface area contributed by atoms with Gasteiger partial charge in [0.25, 0.3) is 0 Å². The highest BCUT2D eigenvalue weighted by Crippen LogP contribution is 2.64. The third kappa shape index (κ3) is 6.45. The molecule has 0 radical (unpaired) electrons. The van der Waals surface area contributed by atoms with E-state index in [1.54, 1.807) is 0 Å². The van der Waals surface area contributed by atoms with Crippen LogP contribution in [0.2, 0.25) is 0 Å². The van der Waals surface area contributed by atoms with E-state index >= 15 is 0 Å². The molecule has 14 rings (SSSR count). The lowest BCUT2D eigenvalue weighted by Gasteiger charge is -2.45. The molecular weight excluding hydrogens is 885 g/mol. The van der Waals surface area contributed by atoms with E-state index in [4.69, 9.17) is 0 Å². The quantitative estimate of drug-likeness (QED) is 0.167. The number of rotatable bonds is 6. The molecule has 0 saturated carbocycles. The number of hydrogen-bond donors (Lipinski definition) is 0. The molecule has 4 nitrogen and oxygen atoms in total. The average molecular weight is 927 g/mol. The Hall–Kier alpha value is -10.0. The fourth-order valence-electron chi connectivity index (χ4n) is 12.0. The van der Waals surface area contributed by atoms with Crippen molar-refractivity contribution in [1.82, 2.24) is 4.57 Å². The van der Waals surface area contributed by atoms with Crippen LogP contribution in [0.25, 0.3) is 83.1 Å². The van der Waals surface area contributed by atoms with Crippen molar-refractivity contribution in [3.63, 3.8) is 0 Å². The van der Waals surface area contributed by atoms with Crippen LogP contribution in [0.3, 0.4) is 0 Å². The second-order valence-corrected chi connectivity index (χ2v) is 19.1. The standard InChI is InChI=1S/C69H42N4/c70-43-45-27-31-57-58-32-28-46(44-71)36-63(58)69(62(57)35-45)61-24-11-13-26-67(61)72(55-20-8-3-9-21-55)68-34-30-51(42-64(68)69)50-29-33-66-60(41-50)59-23-10-12-25-65(59)73(66)56-22-14-19-49(40-56)54-38-52(47-15-4-1-5-16-47)37-53(39-54)48-17-6-2-7-18-48/h1-42H. The normalized spacial score (nSPS) is 12.7. The molecule has 73 heavy (non-hydrogen) atoms. The molecule has 0 amide bonds. The molecule has 2 aliphatic rings. The lowest BCUT2D eigenvalue weighted by molar-refractivity contribution is 0.752. The first kappa shape index (κ1) is 41.9. The summed E-state index contributed by atoms with van der Waals surface area (Å²) >= 11 is 0. The summed E-state index contributed by atoms with van der Waals surface area (Å²) in [5.74, 6) is 0.